The van der Waals surface area contributed by atoms with Crippen LogP contribution in [0.5, 0.6) is 0 Å². The van der Waals surface area contributed by atoms with Gasteiger partial charge in [0.25, 0.3) is 0 Å². The highest BCUT2D eigenvalue weighted by Gasteiger charge is 2.28. The van der Waals surface area contributed by atoms with Crippen LogP contribution in [0.3, 0.4) is 0 Å². The summed E-state index contributed by atoms with van der Waals surface area (Å²) in [7, 11) is 0. The van der Waals surface area contributed by atoms with Crippen molar-refractivity contribution in [3.8, 4) is 11.1 Å². The number of nitrogens with one attached hydrogen (secondary N) is 1. The van der Waals surface area contributed by atoms with Crippen LogP contribution in [0.4, 0.5) is 4.79 Å². The molecule has 3 aromatic carbocycles. The van der Waals surface area contributed by atoms with Gasteiger partial charge in [-0.1, -0.05) is 72.8 Å². The summed E-state index contributed by atoms with van der Waals surface area (Å²) < 4.78 is 5.52. The monoisotopic (exact) mass is 397 g/mol. The van der Waals surface area contributed by atoms with Crippen LogP contribution in [-0.4, -0.2) is 25.5 Å². The van der Waals surface area contributed by atoms with Crippen LogP contribution in [0, 0.1) is 6.92 Å². The number of amides is 1. The largest absolute Gasteiger partial charge is 0.449 e. The Morgan fingerprint density at radius 1 is 1.00 bits per heavy atom. The van der Waals surface area contributed by atoms with Crippen LogP contribution in [-0.2, 0) is 4.74 Å². The van der Waals surface area contributed by atoms with E-state index in [-0.39, 0.29) is 5.92 Å². The first-order chi connectivity index (χ1) is 14.7. The third kappa shape index (κ3) is 4.03. The number of hydrogen-bond acceptors (Lipinski definition) is 3. The molecule has 0 spiro atoms. The summed E-state index contributed by atoms with van der Waals surface area (Å²) in [6, 6.07) is 22.0. The van der Waals surface area contributed by atoms with Crippen molar-refractivity contribution in [3.63, 3.8) is 0 Å². The van der Waals surface area contributed by atoms with E-state index >= 15 is 0 Å². The van der Waals surface area contributed by atoms with Gasteiger partial charge in [0.15, 0.2) is 0 Å². The van der Waals surface area contributed by atoms with Gasteiger partial charge in [-0.25, -0.2) is 4.79 Å². The van der Waals surface area contributed by atoms with Gasteiger partial charge >= 0.3 is 6.09 Å². The third-order valence-corrected chi connectivity index (χ3v) is 5.44. The van der Waals surface area contributed by atoms with Crippen LogP contribution in [0.25, 0.3) is 17.2 Å². The van der Waals surface area contributed by atoms with E-state index in [1.54, 1.807) is 6.07 Å². The van der Waals surface area contributed by atoms with Crippen LogP contribution >= 0.6 is 0 Å². The second kappa shape index (κ2) is 8.78. The van der Waals surface area contributed by atoms with Gasteiger partial charge in [0.05, 0.1) is 0 Å². The first-order valence-corrected chi connectivity index (χ1v) is 9.98. The minimum absolute atomic E-state index is 0.0534. The number of hydrogen-bond donors (Lipinski definition) is 1. The van der Waals surface area contributed by atoms with Crippen LogP contribution in [0.1, 0.15) is 38.5 Å². The maximum atomic E-state index is 12.2. The standard InChI is InChI=1S/C26H23NO3/c1-18-15-19(16-28)12-13-20(18)7-6-14-27-26(29)30-17-25-23-10-4-2-8-21(23)22-9-3-5-11-24(22)25/h2-13,15-16,25H,14,17H2,1H3,(H,27,29). The molecule has 0 saturated heterocycles. The summed E-state index contributed by atoms with van der Waals surface area (Å²) in [4.78, 5) is 23.0. The molecular weight excluding hydrogens is 374 g/mol. The Hall–Kier alpha value is -3.66. The van der Waals surface area contributed by atoms with Crippen LogP contribution < -0.4 is 5.32 Å². The molecule has 0 radical (unpaired) electrons. The lowest BCUT2D eigenvalue weighted by atomic mass is 9.98. The Balaban J connectivity index is 1.33. The van der Waals surface area contributed by atoms with Crippen molar-refractivity contribution in [2.24, 2.45) is 0 Å². The summed E-state index contributed by atoms with van der Waals surface area (Å²) in [6.07, 6.45) is 4.19. The molecule has 4 nitrogen and oxygen atoms in total. The predicted octanol–water partition coefficient (Wildman–Crippen LogP) is 5.36. The van der Waals surface area contributed by atoms with Gasteiger partial charge < -0.3 is 10.1 Å². The molecule has 0 aromatic heterocycles. The predicted molar refractivity (Wildman–Crippen MR) is 119 cm³/mol. The SMILES string of the molecule is Cc1cc(C=O)ccc1C=CCNC(=O)OCC1c2ccccc2-c2ccccc21. The van der Waals surface area contributed by atoms with E-state index in [0.717, 1.165) is 17.4 Å². The average molecular weight is 397 g/mol. The number of carbonyl (C=O) groups is 2. The first-order valence-electron chi connectivity index (χ1n) is 9.98. The fourth-order valence-electron chi connectivity index (χ4n) is 3.94. The maximum Gasteiger partial charge on any atom is 0.407 e. The zero-order valence-electron chi connectivity index (χ0n) is 16.8. The molecule has 0 atom stereocenters. The van der Waals surface area contributed by atoms with Gasteiger partial charge in [-0.3, -0.25) is 4.79 Å². The van der Waals surface area contributed by atoms with E-state index in [1.165, 1.54) is 22.3 Å². The molecule has 4 rings (SSSR count). The van der Waals surface area contributed by atoms with E-state index < -0.39 is 6.09 Å². The Bertz CT molecular complexity index is 1070. The lowest BCUT2D eigenvalue weighted by Gasteiger charge is -2.14. The lowest BCUT2D eigenvalue weighted by molar-refractivity contribution is 0.112. The minimum Gasteiger partial charge on any atom is -0.449 e. The Kier molecular flexibility index (Phi) is 5.75. The Labute approximate surface area is 176 Å². The van der Waals surface area contributed by atoms with E-state index in [0.29, 0.717) is 18.7 Å². The minimum atomic E-state index is -0.436. The number of ether oxygens (including phenoxy) is 1. The molecule has 0 saturated carbocycles. The first kappa shape index (κ1) is 19.6. The van der Waals surface area contributed by atoms with Crippen molar-refractivity contribution in [3.05, 3.63) is 101 Å². The number of rotatable bonds is 6. The maximum absolute atomic E-state index is 12.2. The van der Waals surface area contributed by atoms with Crippen molar-refractivity contribution in [2.75, 3.05) is 13.2 Å². The number of aryl methyl sites for hydroxylation is 1. The summed E-state index contributed by atoms with van der Waals surface area (Å²) >= 11 is 0. The highest BCUT2D eigenvalue weighted by Crippen LogP contribution is 2.44. The fourth-order valence-corrected chi connectivity index (χ4v) is 3.94. The van der Waals surface area contributed by atoms with E-state index in [4.69, 9.17) is 4.74 Å². The van der Waals surface area contributed by atoms with Gasteiger partial charge in [0, 0.05) is 18.0 Å². The van der Waals surface area contributed by atoms with Gasteiger partial charge in [-0.15, -0.1) is 0 Å². The average Bonchev–Trinajstić information content (AvgIpc) is 3.10. The molecule has 150 valence electrons. The highest BCUT2D eigenvalue weighted by molar-refractivity contribution is 5.79. The summed E-state index contributed by atoms with van der Waals surface area (Å²) in [5, 5.41) is 2.76. The molecule has 1 N–H and O–H groups in total. The van der Waals surface area contributed by atoms with Crippen molar-refractivity contribution in [2.45, 2.75) is 12.8 Å². The highest BCUT2D eigenvalue weighted by atomic mass is 16.5. The molecule has 0 aliphatic heterocycles. The van der Waals surface area contributed by atoms with Crippen molar-refractivity contribution in [1.82, 2.24) is 5.32 Å². The molecule has 30 heavy (non-hydrogen) atoms. The number of fused-ring (bicyclic) bond motifs is 3. The molecule has 0 fully saturated rings. The number of carbonyl (C=O) groups excluding carboxylic acids is 2. The number of alkyl carbamates (subject to hydrolysis) is 1. The second-order valence-electron chi connectivity index (χ2n) is 7.34. The summed E-state index contributed by atoms with van der Waals surface area (Å²) in [5.74, 6) is 0.0534. The molecule has 0 unspecified atom stereocenters. The quantitative estimate of drug-likeness (QED) is 0.570. The molecular formula is C26H23NO3. The van der Waals surface area contributed by atoms with Crippen molar-refractivity contribution < 1.29 is 14.3 Å². The van der Waals surface area contributed by atoms with E-state index in [2.05, 4.69) is 29.6 Å². The van der Waals surface area contributed by atoms with E-state index in [1.807, 2.05) is 55.5 Å². The Morgan fingerprint density at radius 3 is 2.30 bits per heavy atom. The Morgan fingerprint density at radius 2 is 1.67 bits per heavy atom. The van der Waals surface area contributed by atoms with Gasteiger partial charge in [0.2, 0.25) is 0 Å². The molecule has 0 bridgehead atoms. The van der Waals surface area contributed by atoms with Gasteiger partial charge in [0.1, 0.15) is 12.9 Å². The topological polar surface area (TPSA) is 55.4 Å². The second-order valence-corrected chi connectivity index (χ2v) is 7.34. The van der Waals surface area contributed by atoms with Crippen LogP contribution in [0.15, 0.2) is 72.8 Å². The van der Waals surface area contributed by atoms with Gasteiger partial charge in [-0.2, -0.15) is 0 Å². The molecule has 1 aliphatic rings. The van der Waals surface area contributed by atoms with Crippen molar-refractivity contribution >= 4 is 18.5 Å². The zero-order chi connectivity index (χ0) is 20.9. The molecule has 0 heterocycles. The molecule has 4 heteroatoms. The van der Waals surface area contributed by atoms with Crippen molar-refractivity contribution in [1.29, 1.82) is 0 Å². The molecule has 1 amide bonds. The number of benzene rings is 3. The van der Waals surface area contributed by atoms with Crippen LogP contribution in [0.2, 0.25) is 0 Å². The summed E-state index contributed by atoms with van der Waals surface area (Å²) in [5.41, 5.74) is 7.48. The zero-order valence-corrected chi connectivity index (χ0v) is 16.8. The third-order valence-electron chi connectivity index (χ3n) is 5.44. The lowest BCUT2D eigenvalue weighted by Crippen LogP contribution is -2.26. The number of aldehydes is 1. The molecule has 3 aromatic rings. The fraction of sp³-hybridized carbons (Fsp3) is 0.154. The molecule has 1 aliphatic carbocycles. The van der Waals surface area contributed by atoms with Gasteiger partial charge in [-0.05, 0) is 46.4 Å². The van der Waals surface area contributed by atoms with E-state index in [9.17, 15) is 9.59 Å². The summed E-state index contributed by atoms with van der Waals surface area (Å²) in [6.45, 7) is 2.62. The normalized spacial score (nSPS) is 12.4. The smallest absolute Gasteiger partial charge is 0.407 e.